The summed E-state index contributed by atoms with van der Waals surface area (Å²) in [5.74, 6) is 0. The molecule has 1 amide bonds. The third kappa shape index (κ3) is 3.73. The molecule has 0 bridgehead atoms. The van der Waals surface area contributed by atoms with Crippen molar-refractivity contribution in [3.05, 3.63) is 11.6 Å². The highest BCUT2D eigenvalue weighted by Gasteiger charge is 2.29. The first-order valence-electron chi connectivity index (χ1n) is 7.22. The van der Waals surface area contributed by atoms with Crippen LogP contribution in [0, 0.1) is 11.3 Å². The average Bonchev–Trinajstić information content (AvgIpc) is 2.85. The van der Waals surface area contributed by atoms with Crippen molar-refractivity contribution in [3.63, 3.8) is 0 Å². The molecule has 0 aromatic carbocycles. The molecule has 0 aromatic heterocycles. The van der Waals surface area contributed by atoms with Gasteiger partial charge < -0.3 is 9.64 Å². The first-order chi connectivity index (χ1) is 9.39. The molecular weight excluding hydrogens is 254 g/mol. The number of rotatable bonds is 1. The van der Waals surface area contributed by atoms with Gasteiger partial charge in [-0.3, -0.25) is 4.90 Å². The van der Waals surface area contributed by atoms with Crippen molar-refractivity contribution in [2.75, 3.05) is 26.2 Å². The van der Waals surface area contributed by atoms with Gasteiger partial charge in [-0.15, -0.1) is 0 Å². The second-order valence-electron chi connectivity index (χ2n) is 6.41. The number of amides is 1. The summed E-state index contributed by atoms with van der Waals surface area (Å²) >= 11 is 0. The third-order valence-corrected chi connectivity index (χ3v) is 3.68. The normalized spacial score (nSPS) is 24.2. The number of hydrogen-bond donors (Lipinski definition) is 0. The van der Waals surface area contributed by atoms with Crippen LogP contribution in [0.1, 0.15) is 33.6 Å². The van der Waals surface area contributed by atoms with E-state index < -0.39 is 5.60 Å². The second kappa shape index (κ2) is 5.84. The molecule has 0 radical (unpaired) electrons. The summed E-state index contributed by atoms with van der Waals surface area (Å²) in [4.78, 5) is 16.1. The van der Waals surface area contributed by atoms with Crippen molar-refractivity contribution in [1.29, 1.82) is 5.26 Å². The quantitative estimate of drug-likeness (QED) is 0.737. The van der Waals surface area contributed by atoms with Crippen LogP contribution in [-0.2, 0) is 4.74 Å². The molecule has 110 valence electrons. The van der Waals surface area contributed by atoms with Crippen LogP contribution in [0.25, 0.3) is 0 Å². The molecule has 1 saturated heterocycles. The van der Waals surface area contributed by atoms with Gasteiger partial charge >= 0.3 is 6.09 Å². The third-order valence-electron chi connectivity index (χ3n) is 3.68. The summed E-state index contributed by atoms with van der Waals surface area (Å²) in [7, 11) is 0. The number of carbonyl (C=O) groups is 1. The number of ether oxygens (including phenoxy) is 1. The van der Waals surface area contributed by atoms with Crippen molar-refractivity contribution < 1.29 is 9.53 Å². The summed E-state index contributed by atoms with van der Waals surface area (Å²) in [5.41, 5.74) is 0.453. The molecular formula is C15H23N3O2. The van der Waals surface area contributed by atoms with Crippen molar-refractivity contribution in [1.82, 2.24) is 9.80 Å². The molecule has 0 spiro atoms. The molecule has 1 aliphatic carbocycles. The predicted molar refractivity (Wildman–Crippen MR) is 76.1 cm³/mol. The lowest BCUT2D eigenvalue weighted by Crippen LogP contribution is -2.52. The van der Waals surface area contributed by atoms with E-state index in [0.29, 0.717) is 19.1 Å². The van der Waals surface area contributed by atoms with Gasteiger partial charge in [-0.2, -0.15) is 5.26 Å². The maximum atomic E-state index is 12.0. The molecule has 0 saturated carbocycles. The molecule has 20 heavy (non-hydrogen) atoms. The van der Waals surface area contributed by atoms with Crippen LogP contribution >= 0.6 is 0 Å². The smallest absolute Gasteiger partial charge is 0.410 e. The maximum Gasteiger partial charge on any atom is 0.410 e. The first kappa shape index (κ1) is 14.9. The summed E-state index contributed by atoms with van der Waals surface area (Å²) < 4.78 is 5.39. The van der Waals surface area contributed by atoms with Gasteiger partial charge in [0.25, 0.3) is 0 Å². The predicted octanol–water partition coefficient (Wildman–Crippen LogP) is 2.15. The molecule has 5 heteroatoms. The molecule has 5 nitrogen and oxygen atoms in total. The Morgan fingerprint density at radius 2 is 2.00 bits per heavy atom. The zero-order chi connectivity index (χ0) is 14.8. The van der Waals surface area contributed by atoms with E-state index in [9.17, 15) is 4.79 Å². The van der Waals surface area contributed by atoms with Crippen molar-refractivity contribution in [2.24, 2.45) is 0 Å². The van der Waals surface area contributed by atoms with Crippen LogP contribution in [0.15, 0.2) is 11.6 Å². The topological polar surface area (TPSA) is 56.6 Å². The Labute approximate surface area is 120 Å². The summed E-state index contributed by atoms with van der Waals surface area (Å²) in [6.45, 7) is 8.73. The molecule has 1 aliphatic heterocycles. The zero-order valence-electron chi connectivity index (χ0n) is 12.6. The van der Waals surface area contributed by atoms with Crippen LogP contribution in [-0.4, -0.2) is 53.7 Å². The molecule has 1 atom stereocenters. The Morgan fingerprint density at radius 3 is 2.50 bits per heavy atom. The monoisotopic (exact) mass is 277 g/mol. The van der Waals surface area contributed by atoms with Crippen molar-refractivity contribution in [3.8, 4) is 6.07 Å². The molecule has 1 fully saturated rings. The fourth-order valence-corrected chi connectivity index (χ4v) is 2.65. The minimum absolute atomic E-state index is 0.225. The Bertz CT molecular complexity index is 437. The molecule has 0 aromatic rings. The molecule has 1 heterocycles. The van der Waals surface area contributed by atoms with Gasteiger partial charge in [0.15, 0.2) is 0 Å². The first-order valence-corrected chi connectivity index (χ1v) is 7.22. The minimum Gasteiger partial charge on any atom is -0.444 e. The molecule has 1 unspecified atom stereocenters. The highest BCUT2D eigenvalue weighted by atomic mass is 16.6. The van der Waals surface area contributed by atoms with Crippen molar-refractivity contribution in [2.45, 2.75) is 45.3 Å². The number of nitrogens with zero attached hydrogens (tertiary/aromatic N) is 3. The fraction of sp³-hybridized carbons (Fsp3) is 0.733. The van der Waals surface area contributed by atoms with Gasteiger partial charge in [-0.05, 0) is 33.6 Å². The Hall–Kier alpha value is -1.54. The molecule has 2 rings (SSSR count). The molecule has 0 N–H and O–H groups in total. The van der Waals surface area contributed by atoms with Crippen LogP contribution < -0.4 is 0 Å². The largest absolute Gasteiger partial charge is 0.444 e. The number of nitriles is 1. The van der Waals surface area contributed by atoms with E-state index in [4.69, 9.17) is 10.00 Å². The summed E-state index contributed by atoms with van der Waals surface area (Å²) in [6.07, 6.45) is 3.75. The SMILES string of the molecule is CC(C)(C)OC(=O)N1CCN(C2C=C(C#N)CC2)CC1. The second-order valence-corrected chi connectivity index (χ2v) is 6.41. The lowest BCUT2D eigenvalue weighted by molar-refractivity contribution is 0.0123. The minimum atomic E-state index is -0.440. The van der Waals surface area contributed by atoms with Gasteiger partial charge in [0, 0.05) is 37.8 Å². The maximum absolute atomic E-state index is 12.0. The fourth-order valence-electron chi connectivity index (χ4n) is 2.65. The van der Waals surface area contributed by atoms with Gasteiger partial charge in [-0.1, -0.05) is 6.08 Å². The van der Waals surface area contributed by atoms with E-state index in [0.717, 1.165) is 31.5 Å². The van der Waals surface area contributed by atoms with E-state index in [1.54, 1.807) is 4.90 Å². The van der Waals surface area contributed by atoms with E-state index in [1.165, 1.54) is 0 Å². The Kier molecular flexibility index (Phi) is 4.34. The van der Waals surface area contributed by atoms with E-state index in [1.807, 2.05) is 20.8 Å². The molecule has 2 aliphatic rings. The van der Waals surface area contributed by atoms with E-state index >= 15 is 0 Å². The van der Waals surface area contributed by atoms with Gasteiger partial charge in [-0.25, -0.2) is 4.79 Å². The summed E-state index contributed by atoms with van der Waals surface area (Å²) in [5, 5.41) is 8.90. The highest BCUT2D eigenvalue weighted by Crippen LogP contribution is 2.23. The van der Waals surface area contributed by atoms with Crippen LogP contribution in [0.3, 0.4) is 0 Å². The van der Waals surface area contributed by atoms with Gasteiger partial charge in [0.2, 0.25) is 0 Å². The number of hydrogen-bond acceptors (Lipinski definition) is 4. The highest BCUT2D eigenvalue weighted by molar-refractivity contribution is 5.68. The lowest BCUT2D eigenvalue weighted by Gasteiger charge is -2.37. The van der Waals surface area contributed by atoms with Crippen LogP contribution in [0.2, 0.25) is 0 Å². The standard InChI is InChI=1S/C15H23N3O2/c1-15(2,3)20-14(19)18-8-6-17(7-9-18)13-5-4-12(10-13)11-16/h10,13H,4-9H2,1-3H3. The number of piperazine rings is 1. The van der Waals surface area contributed by atoms with Crippen LogP contribution in [0.4, 0.5) is 4.79 Å². The van der Waals surface area contributed by atoms with Gasteiger partial charge in [0.1, 0.15) is 5.60 Å². The van der Waals surface area contributed by atoms with E-state index in [2.05, 4.69) is 17.0 Å². The summed E-state index contributed by atoms with van der Waals surface area (Å²) in [6, 6.07) is 2.60. The Balaban J connectivity index is 1.83. The number of allylic oxidation sites excluding steroid dienone is 1. The van der Waals surface area contributed by atoms with Gasteiger partial charge in [0.05, 0.1) is 6.07 Å². The van der Waals surface area contributed by atoms with E-state index in [-0.39, 0.29) is 6.09 Å². The number of carbonyl (C=O) groups excluding carboxylic acids is 1. The van der Waals surface area contributed by atoms with Crippen molar-refractivity contribution >= 4 is 6.09 Å². The Morgan fingerprint density at radius 1 is 1.35 bits per heavy atom. The zero-order valence-corrected chi connectivity index (χ0v) is 12.6. The average molecular weight is 277 g/mol. The lowest BCUT2D eigenvalue weighted by atomic mass is 10.2. The van der Waals surface area contributed by atoms with Crippen LogP contribution in [0.5, 0.6) is 0 Å².